The Bertz CT molecular complexity index is 735. The van der Waals surface area contributed by atoms with Gasteiger partial charge in [-0.15, -0.1) is 0 Å². The second kappa shape index (κ2) is 7.80. The molecule has 1 aromatic heterocycles. The summed E-state index contributed by atoms with van der Waals surface area (Å²) in [5.41, 5.74) is 2.28. The van der Waals surface area contributed by atoms with E-state index in [4.69, 9.17) is 14.0 Å². The fourth-order valence-electron chi connectivity index (χ4n) is 2.44. The van der Waals surface area contributed by atoms with Gasteiger partial charge in [0.25, 0.3) is 5.91 Å². The number of hydrogen-bond acceptors (Lipinski definition) is 7. The van der Waals surface area contributed by atoms with Gasteiger partial charge in [-0.05, 0) is 31.2 Å². The first-order chi connectivity index (χ1) is 12.1. The highest BCUT2D eigenvalue weighted by Gasteiger charge is 2.15. The fourth-order valence-corrected chi connectivity index (χ4v) is 2.44. The molecular weight excluding hydrogens is 326 g/mol. The molecule has 0 atom stereocenters. The monoisotopic (exact) mass is 345 g/mol. The zero-order valence-electron chi connectivity index (χ0n) is 13.9. The molecular formula is C17H19N3O5. The van der Waals surface area contributed by atoms with E-state index in [1.165, 1.54) is 6.07 Å². The summed E-state index contributed by atoms with van der Waals surface area (Å²) in [5.74, 6) is -1.18. The van der Waals surface area contributed by atoms with E-state index in [1.807, 2.05) is 24.3 Å². The maximum Gasteiger partial charge on any atom is 0.377 e. The number of carbonyl (C=O) groups excluding carboxylic acids is 2. The Labute approximate surface area is 144 Å². The zero-order chi connectivity index (χ0) is 17.6. The van der Waals surface area contributed by atoms with Crippen LogP contribution in [0.15, 0.2) is 34.9 Å². The van der Waals surface area contributed by atoms with Crippen molar-refractivity contribution in [2.24, 2.45) is 0 Å². The standard InChI is InChI=1S/C17H19N3O5/c1-12-10-15(25-19-12)17(22)24-11-16(21)18-13-2-4-14(5-3-13)20-6-8-23-9-7-20/h2-5,10H,6-9,11H2,1H3,(H,18,21). The lowest BCUT2D eigenvalue weighted by atomic mass is 10.2. The second-order valence-electron chi connectivity index (χ2n) is 5.60. The van der Waals surface area contributed by atoms with Gasteiger partial charge < -0.3 is 24.2 Å². The van der Waals surface area contributed by atoms with Crippen LogP contribution in [-0.4, -0.2) is 49.9 Å². The van der Waals surface area contributed by atoms with E-state index < -0.39 is 18.5 Å². The van der Waals surface area contributed by atoms with Crippen molar-refractivity contribution in [3.63, 3.8) is 0 Å². The fraction of sp³-hybridized carbons (Fsp3) is 0.353. The Morgan fingerprint density at radius 3 is 2.60 bits per heavy atom. The molecule has 132 valence electrons. The van der Waals surface area contributed by atoms with Gasteiger partial charge in [0.05, 0.1) is 18.9 Å². The van der Waals surface area contributed by atoms with Crippen molar-refractivity contribution in [1.82, 2.24) is 5.16 Å². The van der Waals surface area contributed by atoms with E-state index in [1.54, 1.807) is 6.92 Å². The first kappa shape index (κ1) is 17.0. The topological polar surface area (TPSA) is 93.9 Å². The molecule has 1 N–H and O–H groups in total. The number of aromatic nitrogens is 1. The molecule has 8 heteroatoms. The van der Waals surface area contributed by atoms with Crippen LogP contribution in [0.4, 0.5) is 11.4 Å². The van der Waals surface area contributed by atoms with Crippen LogP contribution in [0.3, 0.4) is 0 Å². The number of morpholine rings is 1. The van der Waals surface area contributed by atoms with Gasteiger partial charge in [0, 0.05) is 30.5 Å². The number of rotatable bonds is 5. The summed E-state index contributed by atoms with van der Waals surface area (Å²) in [4.78, 5) is 25.8. The molecule has 2 heterocycles. The van der Waals surface area contributed by atoms with Gasteiger partial charge in [-0.1, -0.05) is 5.16 Å². The summed E-state index contributed by atoms with van der Waals surface area (Å²) in [7, 11) is 0. The first-order valence-corrected chi connectivity index (χ1v) is 7.95. The Morgan fingerprint density at radius 2 is 1.96 bits per heavy atom. The van der Waals surface area contributed by atoms with E-state index in [2.05, 4.69) is 15.4 Å². The maximum atomic E-state index is 11.9. The lowest BCUT2D eigenvalue weighted by Gasteiger charge is -2.28. The molecule has 0 saturated carbocycles. The molecule has 1 amide bonds. The number of anilines is 2. The number of aryl methyl sites for hydroxylation is 1. The van der Waals surface area contributed by atoms with E-state index in [0.29, 0.717) is 24.6 Å². The third-order valence-corrected chi connectivity index (χ3v) is 3.69. The number of ether oxygens (including phenoxy) is 2. The van der Waals surface area contributed by atoms with Crippen molar-refractivity contribution >= 4 is 23.3 Å². The predicted molar refractivity (Wildman–Crippen MR) is 89.6 cm³/mol. The Morgan fingerprint density at radius 1 is 1.24 bits per heavy atom. The van der Waals surface area contributed by atoms with Crippen LogP contribution in [0.5, 0.6) is 0 Å². The number of carbonyl (C=O) groups is 2. The van der Waals surface area contributed by atoms with Gasteiger partial charge in [-0.3, -0.25) is 4.79 Å². The molecule has 0 aliphatic carbocycles. The number of benzene rings is 1. The number of nitrogens with zero attached hydrogens (tertiary/aromatic N) is 2. The van der Waals surface area contributed by atoms with Crippen LogP contribution in [0, 0.1) is 6.92 Å². The minimum absolute atomic E-state index is 0.0276. The lowest BCUT2D eigenvalue weighted by Crippen LogP contribution is -2.36. The van der Waals surface area contributed by atoms with E-state index in [-0.39, 0.29) is 5.76 Å². The number of amides is 1. The molecule has 1 saturated heterocycles. The van der Waals surface area contributed by atoms with Crippen LogP contribution in [0.2, 0.25) is 0 Å². The minimum atomic E-state index is -0.724. The van der Waals surface area contributed by atoms with Gasteiger partial charge in [0.1, 0.15) is 0 Å². The molecule has 8 nitrogen and oxygen atoms in total. The largest absolute Gasteiger partial charge is 0.450 e. The average molecular weight is 345 g/mol. The van der Waals surface area contributed by atoms with Crippen molar-refractivity contribution in [2.45, 2.75) is 6.92 Å². The summed E-state index contributed by atoms with van der Waals surface area (Å²) in [6.45, 7) is 4.42. The third kappa shape index (κ3) is 4.57. The van der Waals surface area contributed by atoms with Crippen molar-refractivity contribution in [3.05, 3.63) is 41.8 Å². The van der Waals surface area contributed by atoms with Crippen molar-refractivity contribution in [2.75, 3.05) is 43.1 Å². The average Bonchev–Trinajstić information content (AvgIpc) is 3.08. The van der Waals surface area contributed by atoms with Gasteiger partial charge in [0.15, 0.2) is 6.61 Å². The Balaban J connectivity index is 1.48. The van der Waals surface area contributed by atoms with E-state index in [9.17, 15) is 9.59 Å². The molecule has 1 aliphatic rings. The van der Waals surface area contributed by atoms with Crippen LogP contribution in [-0.2, 0) is 14.3 Å². The van der Waals surface area contributed by atoms with E-state index >= 15 is 0 Å². The molecule has 1 aromatic carbocycles. The molecule has 0 bridgehead atoms. The van der Waals surface area contributed by atoms with Crippen LogP contribution in [0.1, 0.15) is 16.2 Å². The highest BCUT2D eigenvalue weighted by Crippen LogP contribution is 2.19. The maximum absolute atomic E-state index is 11.9. The Kier molecular flexibility index (Phi) is 5.30. The lowest BCUT2D eigenvalue weighted by molar-refractivity contribution is -0.119. The quantitative estimate of drug-likeness (QED) is 0.823. The molecule has 0 radical (unpaired) electrons. The van der Waals surface area contributed by atoms with Crippen molar-refractivity contribution in [3.8, 4) is 0 Å². The molecule has 0 unspecified atom stereocenters. The molecule has 3 rings (SSSR count). The molecule has 2 aromatic rings. The highest BCUT2D eigenvalue weighted by atomic mass is 16.6. The molecule has 1 fully saturated rings. The minimum Gasteiger partial charge on any atom is -0.450 e. The van der Waals surface area contributed by atoms with Gasteiger partial charge in [0.2, 0.25) is 5.76 Å². The predicted octanol–water partition coefficient (Wildman–Crippen LogP) is 1.62. The summed E-state index contributed by atoms with van der Waals surface area (Å²) >= 11 is 0. The second-order valence-corrected chi connectivity index (χ2v) is 5.60. The van der Waals surface area contributed by atoms with Gasteiger partial charge >= 0.3 is 5.97 Å². The summed E-state index contributed by atoms with van der Waals surface area (Å²) < 4.78 is 15.0. The number of hydrogen-bond donors (Lipinski definition) is 1. The molecule has 0 spiro atoms. The van der Waals surface area contributed by atoms with Crippen molar-refractivity contribution in [1.29, 1.82) is 0 Å². The number of esters is 1. The van der Waals surface area contributed by atoms with Crippen molar-refractivity contribution < 1.29 is 23.6 Å². The Hall–Kier alpha value is -2.87. The SMILES string of the molecule is Cc1cc(C(=O)OCC(=O)Nc2ccc(N3CCOCC3)cc2)on1. The summed E-state index contributed by atoms with van der Waals surface area (Å²) in [6.07, 6.45) is 0. The smallest absolute Gasteiger partial charge is 0.377 e. The summed E-state index contributed by atoms with van der Waals surface area (Å²) in [6, 6.07) is 8.94. The normalized spacial score (nSPS) is 14.2. The third-order valence-electron chi connectivity index (χ3n) is 3.69. The van der Waals surface area contributed by atoms with Crippen LogP contribution in [0.25, 0.3) is 0 Å². The van der Waals surface area contributed by atoms with E-state index in [0.717, 1.165) is 18.8 Å². The number of nitrogens with one attached hydrogen (secondary N) is 1. The summed E-state index contributed by atoms with van der Waals surface area (Å²) in [5, 5.41) is 6.27. The van der Waals surface area contributed by atoms with Crippen LogP contribution < -0.4 is 10.2 Å². The molecule has 25 heavy (non-hydrogen) atoms. The zero-order valence-corrected chi connectivity index (χ0v) is 13.9. The van der Waals surface area contributed by atoms with Gasteiger partial charge in [-0.2, -0.15) is 0 Å². The van der Waals surface area contributed by atoms with Gasteiger partial charge in [-0.25, -0.2) is 4.79 Å². The first-order valence-electron chi connectivity index (χ1n) is 7.95. The van der Waals surface area contributed by atoms with Crippen LogP contribution >= 0.6 is 0 Å². The highest BCUT2D eigenvalue weighted by molar-refractivity contribution is 5.94. The molecule has 1 aliphatic heterocycles.